The summed E-state index contributed by atoms with van der Waals surface area (Å²) in [5.41, 5.74) is -1.60. The fourth-order valence-corrected chi connectivity index (χ4v) is 0.533. The van der Waals surface area contributed by atoms with Crippen molar-refractivity contribution in [2.45, 2.75) is 6.18 Å². The minimum absolute atomic E-state index is 0.613. The lowest BCUT2D eigenvalue weighted by molar-refractivity contribution is -0.137. The summed E-state index contributed by atoms with van der Waals surface area (Å²) in [6, 6.07) is -4.11. The number of halogens is 4. The zero-order valence-electron chi connectivity index (χ0n) is 9.01. The van der Waals surface area contributed by atoms with Crippen molar-refractivity contribution in [1.82, 2.24) is 0 Å². The van der Waals surface area contributed by atoms with Crippen LogP contribution in [0, 0.1) is 0 Å². The van der Waals surface area contributed by atoms with Gasteiger partial charge in [0.25, 0.3) is 0 Å². The van der Waals surface area contributed by atoms with Crippen molar-refractivity contribution in [2.75, 3.05) is 0 Å². The molecule has 0 spiro atoms. The van der Waals surface area contributed by atoms with Crippen molar-refractivity contribution < 1.29 is 18.7 Å². The molecule has 0 aliphatic rings. The van der Waals surface area contributed by atoms with Gasteiger partial charge < -0.3 is 0 Å². The Morgan fingerprint density at radius 1 is 1.18 bits per heavy atom. The molecule has 0 N–H and O–H groups in total. The van der Waals surface area contributed by atoms with Gasteiger partial charge in [-0.3, -0.25) is 0 Å². The molecule has 60 valence electrons. The molecule has 11 heavy (non-hydrogen) atoms. The van der Waals surface area contributed by atoms with Gasteiger partial charge in [-0.2, -0.15) is 13.2 Å². The fourth-order valence-electron chi connectivity index (χ4n) is 0.439. The van der Waals surface area contributed by atoms with E-state index in [0.717, 1.165) is 0 Å². The number of hydrogen-bond donors (Lipinski definition) is 0. The topological polar surface area (TPSA) is 0 Å². The normalized spacial score (nSPS) is 16.7. The van der Waals surface area contributed by atoms with Crippen LogP contribution in [0.2, 0.25) is 5.02 Å². The lowest BCUT2D eigenvalue weighted by Crippen LogP contribution is -2.03. The number of hydrogen-bond acceptors (Lipinski definition) is 0. The van der Waals surface area contributed by atoms with Gasteiger partial charge in [-0.05, 0) is 24.2 Å². The van der Waals surface area contributed by atoms with Gasteiger partial charge in [0.15, 0.2) is 0 Å². The zero-order chi connectivity index (χ0) is 12.0. The largest absolute Gasteiger partial charge is 0.416 e. The van der Waals surface area contributed by atoms with E-state index in [9.17, 15) is 13.2 Å². The standard InChI is InChI=1S/C7H4ClF3/c8-6-3-1-5(2-4-6)7(9,10)11/h1-4H/i1D,2D,3D,4D. The minimum Gasteiger partial charge on any atom is -0.166 e. The summed E-state index contributed by atoms with van der Waals surface area (Å²) in [5, 5.41) is -0.613. The Kier molecular flexibility index (Phi) is 1.08. The summed E-state index contributed by atoms with van der Waals surface area (Å²) in [7, 11) is 0. The molecule has 0 bridgehead atoms. The minimum atomic E-state index is -4.93. The Bertz CT molecular complexity index is 387. The highest BCUT2D eigenvalue weighted by molar-refractivity contribution is 6.30. The van der Waals surface area contributed by atoms with Crippen molar-refractivity contribution in [3.63, 3.8) is 0 Å². The Balaban J connectivity index is 3.68. The van der Waals surface area contributed by atoms with Gasteiger partial charge in [0, 0.05) is 5.02 Å². The van der Waals surface area contributed by atoms with Crippen LogP contribution < -0.4 is 0 Å². The molecule has 0 radical (unpaired) electrons. The molecular formula is C7H4ClF3. The van der Waals surface area contributed by atoms with Gasteiger partial charge in [-0.1, -0.05) is 11.6 Å². The van der Waals surface area contributed by atoms with Crippen molar-refractivity contribution in [3.8, 4) is 0 Å². The summed E-state index contributed by atoms with van der Waals surface area (Å²) in [4.78, 5) is 0. The second-order valence-electron chi connectivity index (χ2n) is 1.69. The van der Waals surface area contributed by atoms with Crippen LogP contribution in [0.1, 0.15) is 11.0 Å². The molecule has 0 heterocycles. The van der Waals surface area contributed by atoms with Crippen molar-refractivity contribution in [2.24, 2.45) is 0 Å². The van der Waals surface area contributed by atoms with Crippen LogP contribution in [-0.2, 0) is 6.18 Å². The van der Waals surface area contributed by atoms with Gasteiger partial charge >= 0.3 is 6.18 Å². The first-order chi connectivity index (χ1) is 6.68. The van der Waals surface area contributed by atoms with E-state index >= 15 is 0 Å². The molecule has 0 amide bonds. The number of benzene rings is 1. The van der Waals surface area contributed by atoms with Crippen LogP contribution in [0.4, 0.5) is 13.2 Å². The maximum absolute atomic E-state index is 12.4. The Hall–Kier alpha value is -0.700. The van der Waals surface area contributed by atoms with Gasteiger partial charge in [0.1, 0.15) is 0 Å². The second kappa shape index (κ2) is 2.74. The number of alkyl halides is 3. The molecule has 0 aliphatic carbocycles. The first kappa shape index (κ1) is 4.36. The van der Waals surface area contributed by atoms with E-state index in [-0.39, 0.29) is 0 Å². The maximum atomic E-state index is 12.4. The smallest absolute Gasteiger partial charge is 0.166 e. The molecule has 0 unspecified atom stereocenters. The van der Waals surface area contributed by atoms with Crippen LogP contribution in [0.5, 0.6) is 0 Å². The zero-order valence-corrected chi connectivity index (χ0v) is 5.77. The third kappa shape index (κ3) is 2.12. The van der Waals surface area contributed by atoms with Gasteiger partial charge in [-0.25, -0.2) is 0 Å². The first-order valence-corrected chi connectivity index (χ1v) is 2.88. The van der Waals surface area contributed by atoms with Crippen LogP contribution in [0.15, 0.2) is 24.2 Å². The van der Waals surface area contributed by atoms with E-state index in [0.29, 0.717) is 0 Å². The summed E-state index contributed by atoms with van der Waals surface area (Å²) in [6.07, 6.45) is -4.93. The molecule has 0 aromatic heterocycles. The predicted octanol–water partition coefficient (Wildman–Crippen LogP) is 3.36. The van der Waals surface area contributed by atoms with Crippen LogP contribution >= 0.6 is 11.6 Å². The fraction of sp³-hybridized carbons (Fsp3) is 0.143. The third-order valence-corrected chi connectivity index (χ3v) is 1.07. The lowest BCUT2D eigenvalue weighted by Gasteiger charge is -2.04. The summed E-state index contributed by atoms with van der Waals surface area (Å²) in [6.45, 7) is 0. The molecule has 1 aromatic carbocycles. The molecule has 1 rings (SSSR count). The third-order valence-electron chi connectivity index (χ3n) is 0.878. The molecule has 0 aliphatic heterocycles. The Morgan fingerprint density at radius 2 is 1.64 bits per heavy atom. The van der Waals surface area contributed by atoms with E-state index in [1.807, 2.05) is 0 Å². The highest BCUT2D eigenvalue weighted by Crippen LogP contribution is 2.29. The molecule has 0 atom stereocenters. The van der Waals surface area contributed by atoms with Crippen molar-refractivity contribution >= 4 is 11.6 Å². The molecule has 1 aromatic rings. The molecule has 0 fully saturated rings. The Morgan fingerprint density at radius 3 is 2.00 bits per heavy atom. The highest BCUT2D eigenvalue weighted by Gasteiger charge is 2.29. The molecule has 0 nitrogen and oxygen atoms in total. The summed E-state index contributed by atoms with van der Waals surface area (Å²) >= 11 is 5.33. The van der Waals surface area contributed by atoms with Crippen LogP contribution in [0.25, 0.3) is 0 Å². The summed E-state index contributed by atoms with van der Waals surface area (Å²) < 4.78 is 65.3. The highest BCUT2D eigenvalue weighted by atomic mass is 35.5. The lowest BCUT2D eigenvalue weighted by atomic mass is 10.2. The van der Waals surface area contributed by atoms with E-state index in [1.54, 1.807) is 0 Å². The first-order valence-electron chi connectivity index (χ1n) is 4.51. The number of rotatable bonds is 0. The van der Waals surface area contributed by atoms with Crippen molar-refractivity contribution in [3.05, 3.63) is 34.8 Å². The summed E-state index contributed by atoms with van der Waals surface area (Å²) in [5.74, 6) is 0. The van der Waals surface area contributed by atoms with Crippen LogP contribution in [0.3, 0.4) is 0 Å². The molecule has 0 saturated carbocycles. The quantitative estimate of drug-likeness (QED) is 0.580. The monoisotopic (exact) mass is 184 g/mol. The van der Waals surface area contributed by atoms with Gasteiger partial charge in [0.05, 0.1) is 11.0 Å². The van der Waals surface area contributed by atoms with Crippen LogP contribution in [-0.4, -0.2) is 0 Å². The maximum Gasteiger partial charge on any atom is 0.416 e. The van der Waals surface area contributed by atoms with E-state index < -0.39 is 40.9 Å². The Labute approximate surface area is 72.2 Å². The van der Waals surface area contributed by atoms with E-state index in [1.165, 1.54) is 0 Å². The predicted molar refractivity (Wildman–Crippen MR) is 36.5 cm³/mol. The van der Waals surface area contributed by atoms with Crippen molar-refractivity contribution in [1.29, 1.82) is 0 Å². The average molecular weight is 185 g/mol. The molecule has 4 heteroatoms. The van der Waals surface area contributed by atoms with Gasteiger partial charge in [0.2, 0.25) is 0 Å². The SMILES string of the molecule is [2H]c1c([2H])c(C(F)(F)F)c([2H])c([2H])c1Cl. The average Bonchev–Trinajstić information content (AvgIpc) is 2.09. The van der Waals surface area contributed by atoms with E-state index in [4.69, 9.17) is 17.1 Å². The molecule has 0 saturated heterocycles. The second-order valence-corrected chi connectivity index (χ2v) is 2.06. The van der Waals surface area contributed by atoms with Gasteiger partial charge in [-0.15, -0.1) is 0 Å². The molecular weight excluding hydrogens is 177 g/mol. The van der Waals surface area contributed by atoms with E-state index in [2.05, 4.69) is 0 Å².